The third-order valence-corrected chi connectivity index (χ3v) is 3.82. The molecule has 0 aliphatic carbocycles. The topological polar surface area (TPSA) is 98.7 Å². The monoisotopic (exact) mass is 294 g/mol. The molecule has 0 saturated heterocycles. The van der Waals surface area contributed by atoms with Crippen molar-refractivity contribution in [1.29, 1.82) is 0 Å². The average Bonchev–Trinajstić information content (AvgIpc) is 3.06. The molecule has 0 unspecified atom stereocenters. The van der Waals surface area contributed by atoms with Crippen LogP contribution in [0.2, 0.25) is 0 Å². The fraction of sp³-hybridized carbons (Fsp3) is 0.500. The molecule has 0 saturated carbocycles. The second kappa shape index (κ2) is 6.58. The molecule has 0 aromatic carbocycles. The highest BCUT2D eigenvalue weighted by molar-refractivity contribution is 7.09. The fourth-order valence-corrected chi connectivity index (χ4v) is 2.41. The van der Waals surface area contributed by atoms with Crippen molar-refractivity contribution in [2.75, 3.05) is 6.54 Å². The fourth-order valence-electron chi connectivity index (χ4n) is 1.58. The molecule has 2 rings (SSSR count). The van der Waals surface area contributed by atoms with E-state index in [0.717, 1.165) is 10.7 Å². The van der Waals surface area contributed by atoms with E-state index in [2.05, 4.69) is 34.5 Å². The lowest BCUT2D eigenvalue weighted by Gasteiger charge is -1.99. The van der Waals surface area contributed by atoms with Crippen molar-refractivity contribution in [3.63, 3.8) is 0 Å². The Labute approximate surface area is 121 Å². The molecule has 20 heavy (non-hydrogen) atoms. The van der Waals surface area contributed by atoms with E-state index in [1.54, 1.807) is 22.2 Å². The summed E-state index contributed by atoms with van der Waals surface area (Å²) in [6.45, 7) is 5.14. The number of hydrogen-bond donors (Lipinski definition) is 2. The van der Waals surface area contributed by atoms with Crippen LogP contribution in [-0.2, 0) is 17.9 Å². The van der Waals surface area contributed by atoms with E-state index >= 15 is 0 Å². The van der Waals surface area contributed by atoms with Crippen LogP contribution in [0, 0.1) is 0 Å². The van der Waals surface area contributed by atoms with E-state index in [1.165, 1.54) is 0 Å². The van der Waals surface area contributed by atoms with Gasteiger partial charge < -0.3 is 11.1 Å². The molecular weight excluding hydrogens is 276 g/mol. The summed E-state index contributed by atoms with van der Waals surface area (Å²) in [7, 11) is 0. The van der Waals surface area contributed by atoms with Gasteiger partial charge in [-0.3, -0.25) is 4.79 Å². The summed E-state index contributed by atoms with van der Waals surface area (Å²) < 4.78 is 1.71. The van der Waals surface area contributed by atoms with Crippen LogP contribution in [0.4, 0.5) is 0 Å². The minimum Gasteiger partial charge on any atom is -0.349 e. The first kappa shape index (κ1) is 14.6. The maximum Gasteiger partial charge on any atom is 0.234 e. The molecular formula is C12H18N6OS. The quantitative estimate of drug-likeness (QED) is 0.807. The summed E-state index contributed by atoms with van der Waals surface area (Å²) in [5.41, 5.74) is 6.88. The van der Waals surface area contributed by atoms with Crippen molar-refractivity contribution in [1.82, 2.24) is 25.3 Å². The SMILES string of the molecule is CC(C)c1nc(Cn2cc(CNC(=O)CN)nn2)cs1. The van der Waals surface area contributed by atoms with Crippen molar-refractivity contribution >= 4 is 17.2 Å². The number of hydrogen-bond acceptors (Lipinski definition) is 6. The maximum atomic E-state index is 11.0. The molecule has 8 heteroatoms. The normalized spacial score (nSPS) is 11.0. The Hall–Kier alpha value is -1.80. The van der Waals surface area contributed by atoms with Crippen molar-refractivity contribution < 1.29 is 4.79 Å². The predicted molar refractivity (Wildman–Crippen MR) is 76.2 cm³/mol. The third-order valence-electron chi connectivity index (χ3n) is 2.63. The molecule has 3 N–H and O–H groups in total. The smallest absolute Gasteiger partial charge is 0.234 e. The zero-order valence-electron chi connectivity index (χ0n) is 11.5. The van der Waals surface area contributed by atoms with E-state index in [1.807, 2.05) is 5.38 Å². The summed E-state index contributed by atoms with van der Waals surface area (Å²) >= 11 is 1.66. The Morgan fingerprint density at radius 2 is 2.30 bits per heavy atom. The summed E-state index contributed by atoms with van der Waals surface area (Å²) in [6, 6.07) is 0. The number of nitrogens with zero attached hydrogens (tertiary/aromatic N) is 4. The lowest BCUT2D eigenvalue weighted by Crippen LogP contribution is -2.29. The number of aromatic nitrogens is 4. The van der Waals surface area contributed by atoms with Crippen LogP contribution in [0.1, 0.15) is 36.2 Å². The largest absolute Gasteiger partial charge is 0.349 e. The number of thiazole rings is 1. The Kier molecular flexibility index (Phi) is 4.80. The molecule has 7 nitrogen and oxygen atoms in total. The van der Waals surface area contributed by atoms with Crippen LogP contribution in [0.3, 0.4) is 0 Å². The second-order valence-corrected chi connectivity index (χ2v) is 5.61. The lowest BCUT2D eigenvalue weighted by molar-refractivity contribution is -0.119. The highest BCUT2D eigenvalue weighted by Crippen LogP contribution is 2.19. The molecule has 0 radical (unpaired) electrons. The first-order chi connectivity index (χ1) is 9.58. The maximum absolute atomic E-state index is 11.0. The molecule has 1 amide bonds. The molecule has 0 aliphatic rings. The number of carbonyl (C=O) groups is 1. The minimum absolute atomic E-state index is 0.0229. The predicted octanol–water partition coefficient (Wildman–Crippen LogP) is 0.481. The van der Waals surface area contributed by atoms with Gasteiger partial charge in [-0.05, 0) is 0 Å². The van der Waals surface area contributed by atoms with E-state index in [-0.39, 0.29) is 12.5 Å². The Balaban J connectivity index is 1.93. The number of nitrogens with one attached hydrogen (secondary N) is 1. The molecule has 0 bridgehead atoms. The summed E-state index contributed by atoms with van der Waals surface area (Å²) in [5, 5.41) is 13.8. The van der Waals surface area contributed by atoms with Gasteiger partial charge in [-0.15, -0.1) is 16.4 Å². The summed E-state index contributed by atoms with van der Waals surface area (Å²) in [4.78, 5) is 15.6. The Morgan fingerprint density at radius 3 is 2.95 bits per heavy atom. The highest BCUT2D eigenvalue weighted by atomic mass is 32.1. The number of carbonyl (C=O) groups excluding carboxylic acids is 1. The van der Waals surface area contributed by atoms with Crippen LogP contribution in [0.5, 0.6) is 0 Å². The van der Waals surface area contributed by atoms with Crippen molar-refractivity contribution in [3.05, 3.63) is 28.0 Å². The first-order valence-electron chi connectivity index (χ1n) is 6.38. The van der Waals surface area contributed by atoms with E-state index < -0.39 is 0 Å². The molecule has 2 aromatic heterocycles. The van der Waals surface area contributed by atoms with Gasteiger partial charge in [0.1, 0.15) is 5.69 Å². The van der Waals surface area contributed by atoms with Gasteiger partial charge >= 0.3 is 0 Å². The van der Waals surface area contributed by atoms with Crippen LogP contribution >= 0.6 is 11.3 Å². The number of rotatable bonds is 6. The molecule has 0 atom stereocenters. The highest BCUT2D eigenvalue weighted by Gasteiger charge is 2.08. The van der Waals surface area contributed by atoms with Gasteiger partial charge in [-0.25, -0.2) is 9.67 Å². The molecule has 0 aliphatic heterocycles. The van der Waals surface area contributed by atoms with Crippen molar-refractivity contribution in [2.24, 2.45) is 5.73 Å². The van der Waals surface area contributed by atoms with Gasteiger partial charge in [0.2, 0.25) is 5.91 Å². The Bertz CT molecular complexity index is 576. The van der Waals surface area contributed by atoms with Crippen LogP contribution in [0.15, 0.2) is 11.6 Å². The van der Waals surface area contributed by atoms with Gasteiger partial charge in [-0.2, -0.15) is 0 Å². The first-order valence-corrected chi connectivity index (χ1v) is 7.26. The standard InChI is InChI=1S/C12H18N6OS/c1-8(2)12-15-10(7-20-12)6-18-5-9(16-17-18)4-14-11(19)3-13/h5,7-8H,3-4,6,13H2,1-2H3,(H,14,19). The molecule has 108 valence electrons. The summed E-state index contributed by atoms with van der Waals surface area (Å²) in [6.07, 6.45) is 1.80. The van der Waals surface area contributed by atoms with Gasteiger partial charge in [0, 0.05) is 11.3 Å². The molecule has 0 fully saturated rings. The van der Waals surface area contributed by atoms with Gasteiger partial charge in [0.05, 0.1) is 36.5 Å². The second-order valence-electron chi connectivity index (χ2n) is 4.72. The molecule has 2 heterocycles. The van der Waals surface area contributed by atoms with Crippen LogP contribution in [0.25, 0.3) is 0 Å². The Morgan fingerprint density at radius 1 is 1.50 bits per heavy atom. The van der Waals surface area contributed by atoms with E-state index in [9.17, 15) is 4.79 Å². The van der Waals surface area contributed by atoms with Crippen molar-refractivity contribution in [2.45, 2.75) is 32.9 Å². The number of amides is 1. The zero-order valence-corrected chi connectivity index (χ0v) is 12.4. The van der Waals surface area contributed by atoms with E-state index in [4.69, 9.17) is 5.73 Å². The van der Waals surface area contributed by atoms with Gasteiger partial charge in [0.15, 0.2) is 0 Å². The molecule has 2 aromatic rings. The third kappa shape index (κ3) is 3.84. The minimum atomic E-state index is -0.208. The lowest BCUT2D eigenvalue weighted by atomic mass is 10.2. The van der Waals surface area contributed by atoms with Gasteiger partial charge in [0.25, 0.3) is 0 Å². The van der Waals surface area contributed by atoms with Crippen LogP contribution in [-0.4, -0.2) is 32.4 Å². The van der Waals surface area contributed by atoms with Crippen LogP contribution < -0.4 is 11.1 Å². The average molecular weight is 294 g/mol. The van der Waals surface area contributed by atoms with E-state index in [0.29, 0.717) is 24.7 Å². The number of nitrogens with two attached hydrogens (primary N) is 1. The summed E-state index contributed by atoms with van der Waals surface area (Å²) in [5.74, 6) is 0.229. The zero-order chi connectivity index (χ0) is 14.5. The molecule has 0 spiro atoms. The van der Waals surface area contributed by atoms with Gasteiger partial charge in [-0.1, -0.05) is 19.1 Å². The van der Waals surface area contributed by atoms with Crippen molar-refractivity contribution in [3.8, 4) is 0 Å².